The molecule has 0 radical (unpaired) electrons. The molecular weight excluding hydrogens is 437 g/mol. The smallest absolute Gasteiger partial charge is 0.243 e. The van der Waals surface area contributed by atoms with Gasteiger partial charge in [0, 0.05) is 37.9 Å². The number of carbonyl (C=O) groups is 1. The van der Waals surface area contributed by atoms with Crippen LogP contribution in [0.3, 0.4) is 0 Å². The number of hydrogen-bond acceptors (Lipinski definition) is 6. The van der Waals surface area contributed by atoms with Gasteiger partial charge in [-0.3, -0.25) is 9.10 Å². The fraction of sp³-hybridized carbons (Fsp3) is 0.409. The molecule has 0 bridgehead atoms. The minimum atomic E-state index is -3.69. The molecule has 0 unspecified atom stereocenters. The van der Waals surface area contributed by atoms with Crippen molar-refractivity contribution in [3.8, 4) is 11.5 Å². The van der Waals surface area contributed by atoms with E-state index >= 15 is 0 Å². The summed E-state index contributed by atoms with van der Waals surface area (Å²) < 4.78 is 51.0. The molecule has 8 nitrogen and oxygen atoms in total. The molecule has 4 rings (SSSR count). The summed E-state index contributed by atoms with van der Waals surface area (Å²) in [5.41, 5.74) is 1.26. The molecule has 2 aliphatic rings. The Kier molecular flexibility index (Phi) is 6.40. The van der Waals surface area contributed by atoms with Crippen LogP contribution in [-0.4, -0.2) is 70.9 Å². The van der Waals surface area contributed by atoms with Gasteiger partial charge in [0.1, 0.15) is 25.6 Å². The molecule has 2 aromatic rings. The van der Waals surface area contributed by atoms with Crippen molar-refractivity contribution in [2.24, 2.45) is 0 Å². The number of anilines is 2. The molecular formula is C22H26FN3O5S. The largest absolute Gasteiger partial charge is 0.486 e. The van der Waals surface area contributed by atoms with Crippen molar-refractivity contribution in [1.82, 2.24) is 4.90 Å². The number of hydrogen-bond donors (Lipinski definition) is 0. The zero-order chi connectivity index (χ0) is 22.7. The number of sulfonamides is 1. The Morgan fingerprint density at radius 1 is 1.00 bits per heavy atom. The third kappa shape index (κ3) is 4.74. The summed E-state index contributed by atoms with van der Waals surface area (Å²) in [5.74, 6) is 0.324. The monoisotopic (exact) mass is 463 g/mol. The number of rotatable bonds is 6. The highest BCUT2D eigenvalue weighted by atomic mass is 32.2. The standard InChI is InChI=1S/C22H26FN3O5S/c1-2-32(28,29)26(19-7-8-20-21(15-19)31-14-13-30-20)16-22(27)25-11-9-24(10-12-25)18-5-3-17(23)4-6-18/h3-8,15H,2,9-14,16H2,1H3. The van der Waals surface area contributed by atoms with E-state index in [2.05, 4.69) is 4.90 Å². The Labute approximate surface area is 187 Å². The second-order valence-electron chi connectivity index (χ2n) is 7.58. The summed E-state index contributed by atoms with van der Waals surface area (Å²) in [7, 11) is -3.69. The maximum Gasteiger partial charge on any atom is 0.243 e. The Morgan fingerprint density at radius 3 is 2.31 bits per heavy atom. The minimum Gasteiger partial charge on any atom is -0.486 e. The summed E-state index contributed by atoms with van der Waals surface area (Å²) in [6.45, 7) is 4.16. The van der Waals surface area contributed by atoms with Crippen molar-refractivity contribution in [3.05, 3.63) is 48.3 Å². The third-order valence-electron chi connectivity index (χ3n) is 5.62. The van der Waals surface area contributed by atoms with Crippen LogP contribution in [-0.2, 0) is 14.8 Å². The molecule has 0 saturated carbocycles. The van der Waals surface area contributed by atoms with Crippen LogP contribution in [0.4, 0.5) is 15.8 Å². The molecule has 0 aromatic heterocycles. The molecule has 1 fully saturated rings. The summed E-state index contributed by atoms with van der Waals surface area (Å²) in [5, 5.41) is 0. The number of fused-ring (bicyclic) bond motifs is 1. The Hall–Kier alpha value is -3.01. The highest BCUT2D eigenvalue weighted by Crippen LogP contribution is 2.35. The van der Waals surface area contributed by atoms with Crippen LogP contribution in [0.1, 0.15) is 6.92 Å². The van der Waals surface area contributed by atoms with Crippen molar-refractivity contribution in [2.45, 2.75) is 6.92 Å². The Bertz CT molecular complexity index is 1070. The van der Waals surface area contributed by atoms with Crippen LogP contribution in [0.5, 0.6) is 11.5 Å². The SMILES string of the molecule is CCS(=O)(=O)N(CC(=O)N1CCN(c2ccc(F)cc2)CC1)c1ccc2c(c1)OCCO2. The Morgan fingerprint density at radius 2 is 1.66 bits per heavy atom. The molecule has 172 valence electrons. The van der Waals surface area contributed by atoms with Crippen LogP contribution in [0.15, 0.2) is 42.5 Å². The lowest BCUT2D eigenvalue weighted by molar-refractivity contribution is -0.129. The molecule has 2 aliphatic heterocycles. The van der Waals surface area contributed by atoms with E-state index in [1.165, 1.54) is 12.1 Å². The van der Waals surface area contributed by atoms with Gasteiger partial charge in [-0.2, -0.15) is 0 Å². The van der Waals surface area contributed by atoms with Crippen LogP contribution in [0.25, 0.3) is 0 Å². The fourth-order valence-electron chi connectivity index (χ4n) is 3.78. The van der Waals surface area contributed by atoms with E-state index < -0.39 is 10.0 Å². The molecule has 0 spiro atoms. The summed E-state index contributed by atoms with van der Waals surface area (Å²) in [6, 6.07) is 11.1. The Balaban J connectivity index is 1.46. The van der Waals surface area contributed by atoms with Gasteiger partial charge in [-0.25, -0.2) is 12.8 Å². The quantitative estimate of drug-likeness (QED) is 0.653. The van der Waals surface area contributed by atoms with Gasteiger partial charge in [-0.15, -0.1) is 0 Å². The number of halogens is 1. The number of benzene rings is 2. The van der Waals surface area contributed by atoms with E-state index in [1.54, 1.807) is 42.2 Å². The highest BCUT2D eigenvalue weighted by molar-refractivity contribution is 7.92. The molecule has 32 heavy (non-hydrogen) atoms. The zero-order valence-electron chi connectivity index (χ0n) is 17.9. The predicted molar refractivity (Wildman–Crippen MR) is 119 cm³/mol. The first-order valence-corrected chi connectivity index (χ1v) is 12.2. The third-order valence-corrected chi connectivity index (χ3v) is 7.36. The van der Waals surface area contributed by atoms with Gasteiger partial charge in [0.05, 0.1) is 11.4 Å². The molecule has 2 heterocycles. The molecule has 0 N–H and O–H groups in total. The lowest BCUT2D eigenvalue weighted by Gasteiger charge is -2.37. The van der Waals surface area contributed by atoms with Gasteiger partial charge in [0.25, 0.3) is 0 Å². The van der Waals surface area contributed by atoms with E-state index in [9.17, 15) is 17.6 Å². The fourth-order valence-corrected chi connectivity index (χ4v) is 4.84. The van der Waals surface area contributed by atoms with Crippen molar-refractivity contribution in [1.29, 1.82) is 0 Å². The first kappa shape index (κ1) is 22.2. The topological polar surface area (TPSA) is 79.4 Å². The summed E-state index contributed by atoms with van der Waals surface area (Å²) >= 11 is 0. The maximum atomic E-state index is 13.2. The molecule has 10 heteroatoms. The van der Waals surface area contributed by atoms with Gasteiger partial charge < -0.3 is 19.3 Å². The second-order valence-corrected chi connectivity index (χ2v) is 9.76. The van der Waals surface area contributed by atoms with Gasteiger partial charge in [0.15, 0.2) is 11.5 Å². The van der Waals surface area contributed by atoms with Crippen LogP contribution >= 0.6 is 0 Å². The van der Waals surface area contributed by atoms with Gasteiger partial charge in [-0.1, -0.05) is 0 Å². The first-order chi connectivity index (χ1) is 15.4. The average molecular weight is 464 g/mol. The van der Waals surface area contributed by atoms with Crippen LogP contribution in [0.2, 0.25) is 0 Å². The van der Waals surface area contributed by atoms with E-state index in [-0.39, 0.29) is 24.0 Å². The molecule has 0 atom stereocenters. The maximum absolute atomic E-state index is 13.2. The molecule has 0 aliphatic carbocycles. The summed E-state index contributed by atoms with van der Waals surface area (Å²) in [4.78, 5) is 16.8. The normalized spacial score (nSPS) is 16.1. The lowest BCUT2D eigenvalue weighted by Crippen LogP contribution is -2.52. The van der Waals surface area contributed by atoms with Gasteiger partial charge >= 0.3 is 0 Å². The zero-order valence-corrected chi connectivity index (χ0v) is 18.7. The van der Waals surface area contributed by atoms with Gasteiger partial charge in [0.2, 0.25) is 15.9 Å². The second kappa shape index (κ2) is 9.23. The molecule has 2 aromatic carbocycles. The lowest BCUT2D eigenvalue weighted by atomic mass is 10.2. The number of ether oxygens (including phenoxy) is 2. The van der Waals surface area contributed by atoms with E-state index in [0.717, 1.165) is 9.99 Å². The first-order valence-electron chi connectivity index (χ1n) is 10.6. The van der Waals surface area contributed by atoms with Crippen molar-refractivity contribution in [3.63, 3.8) is 0 Å². The van der Waals surface area contributed by atoms with E-state index in [1.807, 2.05) is 0 Å². The number of nitrogens with zero attached hydrogens (tertiary/aromatic N) is 3. The van der Waals surface area contributed by atoms with E-state index in [4.69, 9.17) is 9.47 Å². The van der Waals surface area contributed by atoms with Crippen molar-refractivity contribution >= 4 is 27.3 Å². The van der Waals surface area contributed by atoms with Crippen molar-refractivity contribution in [2.75, 3.05) is 60.9 Å². The predicted octanol–water partition coefficient (Wildman–Crippen LogP) is 2.10. The van der Waals surface area contributed by atoms with Crippen molar-refractivity contribution < 1.29 is 27.1 Å². The van der Waals surface area contributed by atoms with Crippen LogP contribution in [0, 0.1) is 5.82 Å². The van der Waals surface area contributed by atoms with E-state index in [0.29, 0.717) is 56.6 Å². The number of carbonyl (C=O) groups excluding carboxylic acids is 1. The molecule has 1 amide bonds. The summed E-state index contributed by atoms with van der Waals surface area (Å²) in [6.07, 6.45) is 0. The number of amides is 1. The number of piperazine rings is 1. The molecule has 1 saturated heterocycles. The van der Waals surface area contributed by atoms with Crippen LogP contribution < -0.4 is 18.7 Å². The highest BCUT2D eigenvalue weighted by Gasteiger charge is 2.29. The average Bonchev–Trinajstić information content (AvgIpc) is 2.82. The van der Waals surface area contributed by atoms with Gasteiger partial charge in [-0.05, 0) is 43.3 Å². The minimum absolute atomic E-state index is 0.132.